The van der Waals surface area contributed by atoms with E-state index in [1.54, 1.807) is 0 Å². The molecule has 1 fully saturated rings. The summed E-state index contributed by atoms with van der Waals surface area (Å²) in [7, 11) is -3.94. The highest BCUT2D eigenvalue weighted by Crippen LogP contribution is 2.32. The van der Waals surface area contributed by atoms with Crippen molar-refractivity contribution < 1.29 is 17.2 Å². The first kappa shape index (κ1) is 13.9. The lowest BCUT2D eigenvalue weighted by molar-refractivity contribution is 0.538. The zero-order chi connectivity index (χ0) is 13.3. The van der Waals surface area contributed by atoms with Gasteiger partial charge in [-0.1, -0.05) is 12.8 Å². The van der Waals surface area contributed by atoms with Crippen LogP contribution in [-0.4, -0.2) is 15.0 Å². The second kappa shape index (κ2) is 5.22. The van der Waals surface area contributed by atoms with Crippen molar-refractivity contribution in [1.29, 1.82) is 0 Å². The molecule has 0 bridgehead atoms. The van der Waals surface area contributed by atoms with Gasteiger partial charge in [-0.05, 0) is 34.3 Å². The predicted octanol–water partition coefficient (Wildman–Crippen LogP) is 2.81. The SMILES string of the molecule is O=S(=O)(NCCC1CC1)c1c(F)cc(F)cc1Br. The molecule has 0 heterocycles. The summed E-state index contributed by atoms with van der Waals surface area (Å²) in [5, 5.41) is 0. The Kier molecular flexibility index (Phi) is 4.03. The Morgan fingerprint density at radius 2 is 2.00 bits per heavy atom. The van der Waals surface area contributed by atoms with Crippen molar-refractivity contribution in [2.24, 2.45) is 5.92 Å². The van der Waals surface area contributed by atoms with Gasteiger partial charge in [0.25, 0.3) is 0 Å². The van der Waals surface area contributed by atoms with Crippen LogP contribution in [0.4, 0.5) is 8.78 Å². The Morgan fingerprint density at radius 1 is 1.33 bits per heavy atom. The van der Waals surface area contributed by atoms with Crippen LogP contribution in [-0.2, 0) is 10.0 Å². The number of rotatable bonds is 5. The molecule has 1 aromatic rings. The molecule has 1 aliphatic rings. The van der Waals surface area contributed by atoms with E-state index in [4.69, 9.17) is 0 Å². The Morgan fingerprint density at radius 3 is 2.56 bits per heavy atom. The largest absolute Gasteiger partial charge is 0.244 e. The van der Waals surface area contributed by atoms with Crippen LogP contribution >= 0.6 is 15.9 Å². The molecule has 0 aliphatic heterocycles. The van der Waals surface area contributed by atoms with E-state index in [9.17, 15) is 17.2 Å². The Labute approximate surface area is 113 Å². The standard InChI is InChI=1S/C11H12BrF2NO2S/c12-9-5-8(13)6-10(14)11(9)18(16,17)15-4-3-7-1-2-7/h5-7,15H,1-4H2. The lowest BCUT2D eigenvalue weighted by Gasteiger charge is -2.09. The number of halogens is 3. The fraction of sp³-hybridized carbons (Fsp3) is 0.455. The summed E-state index contributed by atoms with van der Waals surface area (Å²) in [6.45, 7) is 0.274. The zero-order valence-corrected chi connectivity index (χ0v) is 11.8. The minimum absolute atomic E-state index is 0.112. The molecule has 1 N–H and O–H groups in total. The average molecular weight is 340 g/mol. The molecule has 7 heteroatoms. The molecule has 0 spiro atoms. The van der Waals surface area contributed by atoms with Crippen molar-refractivity contribution in [2.75, 3.05) is 6.54 Å². The van der Waals surface area contributed by atoms with Gasteiger partial charge in [-0.3, -0.25) is 0 Å². The van der Waals surface area contributed by atoms with Crippen molar-refractivity contribution >= 4 is 26.0 Å². The molecular formula is C11H12BrF2NO2S. The molecule has 0 unspecified atom stereocenters. The molecule has 1 saturated carbocycles. The molecule has 18 heavy (non-hydrogen) atoms. The summed E-state index contributed by atoms with van der Waals surface area (Å²) in [6, 6.07) is 1.48. The molecule has 100 valence electrons. The maximum absolute atomic E-state index is 13.5. The highest BCUT2D eigenvalue weighted by molar-refractivity contribution is 9.10. The topological polar surface area (TPSA) is 46.2 Å². The zero-order valence-electron chi connectivity index (χ0n) is 9.42. The lowest BCUT2D eigenvalue weighted by atomic mass is 10.3. The molecule has 0 saturated heterocycles. The van der Waals surface area contributed by atoms with Gasteiger partial charge in [0.05, 0.1) is 0 Å². The van der Waals surface area contributed by atoms with E-state index in [-0.39, 0.29) is 11.0 Å². The van der Waals surface area contributed by atoms with Crippen molar-refractivity contribution in [3.8, 4) is 0 Å². The quantitative estimate of drug-likeness (QED) is 0.896. The second-order valence-electron chi connectivity index (χ2n) is 4.33. The van der Waals surface area contributed by atoms with E-state index in [1.807, 2.05) is 0 Å². The van der Waals surface area contributed by atoms with E-state index < -0.39 is 26.6 Å². The van der Waals surface area contributed by atoms with Crippen LogP contribution in [0, 0.1) is 17.6 Å². The van der Waals surface area contributed by atoms with Crippen LogP contribution in [0.1, 0.15) is 19.3 Å². The highest BCUT2D eigenvalue weighted by Gasteiger charge is 2.25. The van der Waals surface area contributed by atoms with Crippen LogP contribution in [0.15, 0.2) is 21.5 Å². The third kappa shape index (κ3) is 3.27. The molecule has 3 nitrogen and oxygen atoms in total. The molecule has 0 radical (unpaired) electrons. The number of nitrogens with one attached hydrogen (secondary N) is 1. The first-order valence-corrected chi connectivity index (χ1v) is 7.82. The highest BCUT2D eigenvalue weighted by atomic mass is 79.9. The normalized spacial score (nSPS) is 15.9. The van der Waals surface area contributed by atoms with E-state index >= 15 is 0 Å². The number of sulfonamides is 1. The fourth-order valence-electron chi connectivity index (χ4n) is 1.66. The Balaban J connectivity index is 2.17. The molecule has 0 amide bonds. The van der Waals surface area contributed by atoms with E-state index in [1.165, 1.54) is 0 Å². The van der Waals surface area contributed by atoms with Crippen LogP contribution < -0.4 is 4.72 Å². The maximum Gasteiger partial charge on any atom is 0.244 e. The van der Waals surface area contributed by atoms with E-state index in [0.717, 1.165) is 25.3 Å². The molecule has 1 aliphatic carbocycles. The van der Waals surface area contributed by atoms with Gasteiger partial charge < -0.3 is 0 Å². The van der Waals surface area contributed by atoms with Crippen LogP contribution in [0.2, 0.25) is 0 Å². The van der Waals surface area contributed by atoms with Crippen LogP contribution in [0.5, 0.6) is 0 Å². The number of benzene rings is 1. The third-order valence-corrected chi connectivity index (χ3v) is 5.20. The maximum atomic E-state index is 13.5. The van der Waals surface area contributed by atoms with Gasteiger partial charge in [-0.15, -0.1) is 0 Å². The first-order chi connectivity index (χ1) is 8.40. The van der Waals surface area contributed by atoms with Gasteiger partial charge in [0.15, 0.2) is 0 Å². The summed E-state index contributed by atoms with van der Waals surface area (Å²) in [5.41, 5.74) is 0. The lowest BCUT2D eigenvalue weighted by Crippen LogP contribution is -2.26. The van der Waals surface area contributed by atoms with Gasteiger partial charge in [0, 0.05) is 17.1 Å². The van der Waals surface area contributed by atoms with Crippen LogP contribution in [0.25, 0.3) is 0 Å². The van der Waals surface area contributed by atoms with Gasteiger partial charge in [0.2, 0.25) is 10.0 Å². The fourth-order valence-corrected chi connectivity index (χ4v) is 3.87. The molecule has 2 rings (SSSR count). The molecule has 0 aromatic heterocycles. The minimum Gasteiger partial charge on any atom is -0.211 e. The van der Waals surface area contributed by atoms with Crippen LogP contribution in [0.3, 0.4) is 0 Å². The molecule has 1 aromatic carbocycles. The molecular weight excluding hydrogens is 328 g/mol. The van der Waals surface area contributed by atoms with E-state index in [2.05, 4.69) is 20.7 Å². The van der Waals surface area contributed by atoms with Gasteiger partial charge in [0.1, 0.15) is 16.5 Å². The Hall–Kier alpha value is -0.530. The van der Waals surface area contributed by atoms with Crippen molar-refractivity contribution in [2.45, 2.75) is 24.2 Å². The summed E-state index contributed by atoms with van der Waals surface area (Å²) in [4.78, 5) is -0.542. The van der Waals surface area contributed by atoms with E-state index in [0.29, 0.717) is 12.0 Å². The second-order valence-corrected chi connectivity index (χ2v) is 6.89. The summed E-state index contributed by atoms with van der Waals surface area (Å²) in [6.07, 6.45) is 2.99. The summed E-state index contributed by atoms with van der Waals surface area (Å²) < 4.78 is 52.4. The summed E-state index contributed by atoms with van der Waals surface area (Å²) >= 11 is 2.87. The minimum atomic E-state index is -3.94. The van der Waals surface area contributed by atoms with Crippen molar-refractivity contribution in [3.63, 3.8) is 0 Å². The van der Waals surface area contributed by atoms with Gasteiger partial charge >= 0.3 is 0 Å². The van der Waals surface area contributed by atoms with Gasteiger partial charge in [-0.25, -0.2) is 21.9 Å². The smallest absolute Gasteiger partial charge is 0.211 e. The monoisotopic (exact) mass is 339 g/mol. The number of hydrogen-bond acceptors (Lipinski definition) is 2. The molecule has 0 atom stereocenters. The summed E-state index contributed by atoms with van der Waals surface area (Å²) in [5.74, 6) is -1.34. The average Bonchev–Trinajstić information content (AvgIpc) is 2.98. The number of hydrogen-bond donors (Lipinski definition) is 1. The Bertz CT molecular complexity index is 535. The predicted molar refractivity (Wildman–Crippen MR) is 66.6 cm³/mol. The third-order valence-electron chi connectivity index (χ3n) is 2.77. The van der Waals surface area contributed by atoms with Crippen molar-refractivity contribution in [3.05, 3.63) is 28.2 Å². The van der Waals surface area contributed by atoms with Gasteiger partial charge in [-0.2, -0.15) is 0 Å². The van der Waals surface area contributed by atoms with Crippen molar-refractivity contribution in [1.82, 2.24) is 4.72 Å². The first-order valence-electron chi connectivity index (χ1n) is 5.54.